The number of aryl methyl sites for hydroxylation is 2. The maximum Gasteiger partial charge on any atom is 0.282 e. The van der Waals surface area contributed by atoms with Gasteiger partial charge >= 0.3 is 0 Å². The molecule has 0 aromatic heterocycles. The molecule has 7 heteroatoms. The van der Waals surface area contributed by atoms with E-state index in [9.17, 15) is 14.7 Å². The largest absolute Gasteiger partial charge is 0.492 e. The molecule has 1 N–H and O–H groups in total. The minimum Gasteiger partial charge on any atom is -0.492 e. The van der Waals surface area contributed by atoms with Gasteiger partial charge in [0.05, 0.1) is 24.5 Å². The quantitative estimate of drug-likeness (QED) is 0.655. The second-order valence-electron chi connectivity index (χ2n) is 8.42. The summed E-state index contributed by atoms with van der Waals surface area (Å²) in [5, 5.41) is 9.26. The topological polar surface area (TPSA) is 73.3 Å². The molecule has 2 aliphatic rings. The number of piperazine rings is 1. The Kier molecular flexibility index (Phi) is 6.81. The van der Waals surface area contributed by atoms with Gasteiger partial charge < -0.3 is 14.7 Å². The van der Waals surface area contributed by atoms with Crippen LogP contribution in [0.15, 0.2) is 48.2 Å². The van der Waals surface area contributed by atoms with E-state index in [4.69, 9.17) is 4.74 Å². The number of amides is 2. The average Bonchev–Trinajstić information content (AvgIpc) is 3.07. The first-order valence-corrected chi connectivity index (χ1v) is 11.5. The molecule has 0 saturated carbocycles. The summed E-state index contributed by atoms with van der Waals surface area (Å²) < 4.78 is 5.73. The molecule has 33 heavy (non-hydrogen) atoms. The van der Waals surface area contributed by atoms with E-state index >= 15 is 0 Å². The summed E-state index contributed by atoms with van der Waals surface area (Å²) in [6.07, 6.45) is 0. The van der Waals surface area contributed by atoms with Gasteiger partial charge in [0.25, 0.3) is 11.8 Å². The number of rotatable bonds is 7. The number of aliphatic hydroxyl groups is 1. The molecule has 2 aromatic rings. The molecule has 1 fully saturated rings. The summed E-state index contributed by atoms with van der Waals surface area (Å²) in [5.74, 6) is -0.144. The second-order valence-corrected chi connectivity index (χ2v) is 8.42. The summed E-state index contributed by atoms with van der Waals surface area (Å²) in [6, 6.07) is 13.1. The summed E-state index contributed by atoms with van der Waals surface area (Å²) in [6.45, 7) is 9.74. The Morgan fingerprint density at radius 2 is 1.67 bits per heavy atom. The van der Waals surface area contributed by atoms with E-state index in [0.29, 0.717) is 48.9 Å². The molecule has 2 aromatic carbocycles. The molecular formula is C26H31N3O4. The molecule has 0 spiro atoms. The van der Waals surface area contributed by atoms with Crippen molar-refractivity contribution in [2.75, 3.05) is 50.8 Å². The van der Waals surface area contributed by atoms with Crippen LogP contribution < -0.4 is 9.64 Å². The molecule has 0 atom stereocenters. The number of nitrogens with zero attached hydrogens (tertiary/aromatic N) is 3. The van der Waals surface area contributed by atoms with Crippen molar-refractivity contribution in [1.29, 1.82) is 0 Å². The molecule has 0 unspecified atom stereocenters. The fourth-order valence-electron chi connectivity index (χ4n) is 4.44. The Labute approximate surface area is 194 Å². The van der Waals surface area contributed by atoms with Crippen molar-refractivity contribution in [3.63, 3.8) is 0 Å². The molecule has 174 valence electrons. The molecule has 7 nitrogen and oxygen atoms in total. The van der Waals surface area contributed by atoms with Gasteiger partial charge in [-0.1, -0.05) is 30.3 Å². The Bertz CT molecular complexity index is 1090. The standard InChI is InChI=1S/C26H31N3O4/c1-4-33-22-8-6-5-7-21(22)29-25(31)23(20-10-9-18(2)19(3)17-20)24(26(29)32)28-13-11-27(12-14-28)15-16-30/h5-10,17,30H,4,11-16H2,1-3H3. The van der Waals surface area contributed by atoms with Crippen LogP contribution in [-0.2, 0) is 9.59 Å². The van der Waals surface area contributed by atoms with Crippen LogP contribution in [0.1, 0.15) is 23.6 Å². The Balaban J connectivity index is 1.78. The molecule has 0 radical (unpaired) electrons. The van der Waals surface area contributed by atoms with Crippen LogP contribution >= 0.6 is 0 Å². The second kappa shape index (κ2) is 9.77. The number of benzene rings is 2. The van der Waals surface area contributed by atoms with Gasteiger partial charge in [0.15, 0.2) is 0 Å². The zero-order chi connectivity index (χ0) is 23.5. The van der Waals surface area contributed by atoms with Crippen LogP contribution in [0, 0.1) is 13.8 Å². The number of β-amino-alcohol motifs (C(OH)–C–C–N with tert-alkyl or cyclic N) is 1. The first-order chi connectivity index (χ1) is 16.0. The first kappa shape index (κ1) is 23.0. The van der Waals surface area contributed by atoms with E-state index < -0.39 is 0 Å². The van der Waals surface area contributed by atoms with Crippen LogP contribution in [0.5, 0.6) is 5.75 Å². The third kappa shape index (κ3) is 4.38. The number of hydrogen-bond acceptors (Lipinski definition) is 6. The van der Waals surface area contributed by atoms with Gasteiger partial charge in [-0.05, 0) is 49.6 Å². The van der Waals surface area contributed by atoms with E-state index in [1.807, 2.05) is 49.9 Å². The lowest BCUT2D eigenvalue weighted by molar-refractivity contribution is -0.120. The number of ether oxygens (including phenoxy) is 1. The average molecular weight is 450 g/mol. The van der Waals surface area contributed by atoms with E-state index in [1.54, 1.807) is 18.2 Å². The van der Waals surface area contributed by atoms with Crippen molar-refractivity contribution < 1.29 is 19.4 Å². The number of anilines is 1. The van der Waals surface area contributed by atoms with Crippen molar-refractivity contribution in [1.82, 2.24) is 9.80 Å². The summed E-state index contributed by atoms with van der Waals surface area (Å²) in [7, 11) is 0. The van der Waals surface area contributed by atoms with E-state index in [1.165, 1.54) is 4.90 Å². The lowest BCUT2D eigenvalue weighted by Crippen LogP contribution is -2.48. The van der Waals surface area contributed by atoms with Crippen LogP contribution in [0.4, 0.5) is 5.69 Å². The number of aliphatic hydroxyl groups excluding tert-OH is 1. The smallest absolute Gasteiger partial charge is 0.282 e. The van der Waals surface area contributed by atoms with E-state index in [2.05, 4.69) is 4.90 Å². The summed E-state index contributed by atoms with van der Waals surface area (Å²) >= 11 is 0. The van der Waals surface area contributed by atoms with E-state index in [-0.39, 0.29) is 18.4 Å². The van der Waals surface area contributed by atoms with Crippen molar-refractivity contribution in [3.05, 3.63) is 64.9 Å². The molecule has 0 aliphatic carbocycles. The fraction of sp³-hybridized carbons (Fsp3) is 0.385. The van der Waals surface area contributed by atoms with Gasteiger partial charge in [0, 0.05) is 32.7 Å². The lowest BCUT2D eigenvalue weighted by Gasteiger charge is -2.36. The molecule has 1 saturated heterocycles. The van der Waals surface area contributed by atoms with Crippen LogP contribution in [0.25, 0.3) is 5.57 Å². The van der Waals surface area contributed by atoms with Gasteiger partial charge in [-0.15, -0.1) is 0 Å². The molecule has 2 heterocycles. The zero-order valence-electron chi connectivity index (χ0n) is 19.5. The number of carbonyl (C=O) groups excluding carboxylic acids is 2. The van der Waals surface area contributed by atoms with Crippen molar-refractivity contribution in [2.45, 2.75) is 20.8 Å². The monoisotopic (exact) mass is 449 g/mol. The molecule has 4 rings (SSSR count). The van der Waals surface area contributed by atoms with Crippen LogP contribution in [0.2, 0.25) is 0 Å². The van der Waals surface area contributed by atoms with E-state index in [0.717, 1.165) is 29.8 Å². The van der Waals surface area contributed by atoms with Gasteiger partial charge in [-0.3, -0.25) is 14.5 Å². The SMILES string of the molecule is CCOc1ccccc1N1C(=O)C(c2ccc(C)c(C)c2)=C(N2CCN(CCO)CC2)C1=O. The highest BCUT2D eigenvalue weighted by molar-refractivity contribution is 6.45. The predicted molar refractivity (Wildman–Crippen MR) is 128 cm³/mol. The zero-order valence-corrected chi connectivity index (χ0v) is 19.5. The van der Waals surface area contributed by atoms with Gasteiger partial charge in [-0.2, -0.15) is 0 Å². The van der Waals surface area contributed by atoms with Gasteiger partial charge in [-0.25, -0.2) is 4.90 Å². The maximum absolute atomic E-state index is 13.8. The molecular weight excluding hydrogens is 418 g/mol. The molecule has 0 bridgehead atoms. The van der Waals surface area contributed by atoms with Crippen molar-refractivity contribution >= 4 is 23.1 Å². The normalized spacial score (nSPS) is 17.3. The highest BCUT2D eigenvalue weighted by Crippen LogP contribution is 2.39. The summed E-state index contributed by atoms with van der Waals surface area (Å²) in [5.41, 5.74) is 4.29. The Hall–Kier alpha value is -3.16. The lowest BCUT2D eigenvalue weighted by atomic mass is 9.99. The number of imide groups is 1. The maximum atomic E-state index is 13.8. The molecule has 2 amide bonds. The third-order valence-electron chi connectivity index (χ3n) is 6.37. The van der Waals surface area contributed by atoms with Crippen LogP contribution in [0.3, 0.4) is 0 Å². The summed E-state index contributed by atoms with van der Waals surface area (Å²) in [4.78, 5) is 33.1. The number of hydrogen-bond donors (Lipinski definition) is 1. The van der Waals surface area contributed by atoms with Gasteiger partial charge in [0.1, 0.15) is 11.4 Å². The Morgan fingerprint density at radius 3 is 2.33 bits per heavy atom. The first-order valence-electron chi connectivity index (χ1n) is 11.5. The highest BCUT2D eigenvalue weighted by Gasteiger charge is 2.44. The fourth-order valence-corrected chi connectivity index (χ4v) is 4.44. The molecule has 2 aliphatic heterocycles. The minimum absolute atomic E-state index is 0.107. The number of para-hydroxylation sites is 2. The number of carbonyl (C=O) groups is 2. The van der Waals surface area contributed by atoms with Gasteiger partial charge in [0.2, 0.25) is 0 Å². The Morgan fingerprint density at radius 1 is 0.939 bits per heavy atom. The van der Waals surface area contributed by atoms with Crippen LogP contribution in [-0.4, -0.2) is 72.7 Å². The third-order valence-corrected chi connectivity index (χ3v) is 6.37. The predicted octanol–water partition coefficient (Wildman–Crippen LogP) is 2.60. The minimum atomic E-state index is -0.330. The van der Waals surface area contributed by atoms with Crippen molar-refractivity contribution in [2.24, 2.45) is 0 Å². The van der Waals surface area contributed by atoms with Crippen molar-refractivity contribution in [3.8, 4) is 5.75 Å². The highest BCUT2D eigenvalue weighted by atomic mass is 16.5.